The molecule has 0 atom stereocenters. The van der Waals surface area contributed by atoms with Gasteiger partial charge in [0.15, 0.2) is 9.84 Å². The van der Waals surface area contributed by atoms with Crippen molar-refractivity contribution in [3.05, 3.63) is 35.7 Å². The van der Waals surface area contributed by atoms with E-state index < -0.39 is 9.84 Å². The van der Waals surface area contributed by atoms with Crippen LogP contribution in [0.5, 0.6) is 0 Å². The van der Waals surface area contributed by atoms with Crippen molar-refractivity contribution < 1.29 is 8.42 Å². The fourth-order valence-corrected chi connectivity index (χ4v) is 2.22. The maximum atomic E-state index is 11.3. The van der Waals surface area contributed by atoms with Gasteiger partial charge in [-0.05, 0) is 19.9 Å². The largest absolute Gasteiger partial charge is 0.265 e. The Hall–Kier alpha value is -1.76. The monoisotopic (exact) mass is 266 g/mol. The fraction of sp³-hybridized carbons (Fsp3) is 0.364. The fourth-order valence-electron chi connectivity index (χ4n) is 1.66. The molecule has 0 unspecified atom stereocenters. The number of aromatic nitrogens is 4. The van der Waals surface area contributed by atoms with Crippen molar-refractivity contribution >= 4 is 9.84 Å². The van der Waals surface area contributed by atoms with Gasteiger partial charge in [-0.3, -0.25) is 4.68 Å². The molecule has 0 aliphatic carbocycles. The second-order valence-corrected chi connectivity index (χ2v) is 6.21. The molecule has 7 heteroatoms. The van der Waals surface area contributed by atoms with Crippen molar-refractivity contribution in [2.24, 2.45) is 0 Å². The lowest BCUT2D eigenvalue weighted by Gasteiger charge is -2.03. The minimum Gasteiger partial charge on any atom is -0.265 e. The van der Waals surface area contributed by atoms with E-state index in [1.54, 1.807) is 4.68 Å². The third kappa shape index (κ3) is 2.92. The van der Waals surface area contributed by atoms with Gasteiger partial charge in [0.25, 0.3) is 0 Å². The van der Waals surface area contributed by atoms with Gasteiger partial charge in [0.1, 0.15) is 10.7 Å². The molecule has 0 radical (unpaired) electrons. The highest BCUT2D eigenvalue weighted by molar-refractivity contribution is 7.90. The van der Waals surface area contributed by atoms with Gasteiger partial charge in [-0.1, -0.05) is 0 Å². The molecule has 96 valence electrons. The van der Waals surface area contributed by atoms with Crippen molar-refractivity contribution in [3.8, 4) is 0 Å². The molecule has 2 aromatic heterocycles. The SMILES string of the molecule is Cc1cc(Cn2cc(S(C)(=O)=O)cn2)nc(C)n1. The summed E-state index contributed by atoms with van der Waals surface area (Å²) < 4.78 is 24.2. The standard InChI is InChI=1S/C11H14N4O2S/c1-8-4-10(14-9(2)13-8)6-15-7-11(5-12-15)18(3,16)17/h4-5,7H,6H2,1-3H3. The number of rotatable bonds is 3. The van der Waals surface area contributed by atoms with Crippen molar-refractivity contribution in [1.29, 1.82) is 0 Å². The van der Waals surface area contributed by atoms with Crippen LogP contribution < -0.4 is 0 Å². The maximum absolute atomic E-state index is 11.3. The van der Waals surface area contributed by atoms with Gasteiger partial charge in [-0.15, -0.1) is 0 Å². The van der Waals surface area contributed by atoms with Crippen LogP contribution in [0, 0.1) is 13.8 Å². The van der Waals surface area contributed by atoms with Crippen LogP contribution in [0.25, 0.3) is 0 Å². The van der Waals surface area contributed by atoms with Crippen molar-refractivity contribution in [2.45, 2.75) is 25.3 Å². The summed E-state index contributed by atoms with van der Waals surface area (Å²) in [5, 5.41) is 4.01. The molecule has 0 bridgehead atoms. The molecule has 6 nitrogen and oxygen atoms in total. The molecule has 0 saturated heterocycles. The van der Waals surface area contributed by atoms with Crippen LogP contribution in [0.15, 0.2) is 23.4 Å². The molecule has 2 aromatic rings. The highest BCUT2D eigenvalue weighted by Gasteiger charge is 2.10. The Morgan fingerprint density at radius 1 is 1.28 bits per heavy atom. The van der Waals surface area contributed by atoms with Crippen LogP contribution in [0.4, 0.5) is 0 Å². The third-order valence-electron chi connectivity index (χ3n) is 2.38. The van der Waals surface area contributed by atoms with E-state index in [-0.39, 0.29) is 4.90 Å². The van der Waals surface area contributed by atoms with Gasteiger partial charge in [-0.25, -0.2) is 18.4 Å². The average molecular weight is 266 g/mol. The van der Waals surface area contributed by atoms with Crippen molar-refractivity contribution in [1.82, 2.24) is 19.7 Å². The summed E-state index contributed by atoms with van der Waals surface area (Å²) in [7, 11) is -3.21. The van der Waals surface area contributed by atoms with Crippen LogP contribution in [-0.4, -0.2) is 34.4 Å². The molecule has 18 heavy (non-hydrogen) atoms. The summed E-state index contributed by atoms with van der Waals surface area (Å²) in [4.78, 5) is 8.68. The van der Waals surface area contributed by atoms with Gasteiger partial charge in [0.05, 0.1) is 18.4 Å². The first-order valence-electron chi connectivity index (χ1n) is 5.38. The van der Waals surface area contributed by atoms with Crippen molar-refractivity contribution in [3.63, 3.8) is 0 Å². The third-order valence-corrected chi connectivity index (χ3v) is 3.45. The lowest BCUT2D eigenvalue weighted by atomic mass is 10.3. The highest BCUT2D eigenvalue weighted by Crippen LogP contribution is 2.08. The zero-order valence-electron chi connectivity index (χ0n) is 10.5. The average Bonchev–Trinajstić information content (AvgIpc) is 2.63. The van der Waals surface area contributed by atoms with E-state index in [0.29, 0.717) is 12.4 Å². The van der Waals surface area contributed by atoms with E-state index in [9.17, 15) is 8.42 Å². The van der Waals surface area contributed by atoms with Crippen LogP contribution in [0.3, 0.4) is 0 Å². The number of aryl methyl sites for hydroxylation is 2. The Labute approximate surface area is 106 Å². The number of hydrogen-bond donors (Lipinski definition) is 0. The van der Waals surface area contributed by atoms with E-state index in [1.807, 2.05) is 19.9 Å². The maximum Gasteiger partial charge on any atom is 0.178 e. The molecule has 0 N–H and O–H groups in total. The normalized spacial score (nSPS) is 11.7. The smallest absolute Gasteiger partial charge is 0.178 e. The molecular formula is C11H14N4O2S. The zero-order valence-corrected chi connectivity index (χ0v) is 11.3. The van der Waals surface area contributed by atoms with Gasteiger partial charge in [-0.2, -0.15) is 5.10 Å². The zero-order chi connectivity index (χ0) is 13.3. The predicted molar refractivity (Wildman–Crippen MR) is 65.9 cm³/mol. The number of hydrogen-bond acceptors (Lipinski definition) is 5. The minimum atomic E-state index is -3.21. The first-order valence-corrected chi connectivity index (χ1v) is 7.27. The lowest BCUT2D eigenvalue weighted by Crippen LogP contribution is -2.05. The van der Waals surface area contributed by atoms with Crippen LogP contribution in [-0.2, 0) is 16.4 Å². The first kappa shape index (κ1) is 12.7. The molecule has 0 aliphatic heterocycles. The summed E-state index contributed by atoms with van der Waals surface area (Å²) >= 11 is 0. The second-order valence-electron chi connectivity index (χ2n) is 4.19. The molecule has 0 aromatic carbocycles. The quantitative estimate of drug-likeness (QED) is 0.819. The molecule has 0 aliphatic rings. The van der Waals surface area contributed by atoms with Gasteiger partial charge in [0.2, 0.25) is 0 Å². The number of nitrogens with zero attached hydrogens (tertiary/aromatic N) is 4. The molecule has 2 rings (SSSR count). The summed E-state index contributed by atoms with van der Waals surface area (Å²) in [6.45, 7) is 4.14. The molecule has 0 amide bonds. The van der Waals surface area contributed by atoms with Gasteiger partial charge < -0.3 is 0 Å². The van der Waals surface area contributed by atoms with E-state index in [2.05, 4.69) is 15.1 Å². The number of sulfone groups is 1. The molecular weight excluding hydrogens is 252 g/mol. The van der Waals surface area contributed by atoms with Crippen molar-refractivity contribution in [2.75, 3.05) is 6.26 Å². The molecule has 0 spiro atoms. The predicted octanol–water partition coefficient (Wildman–Crippen LogP) is 0.742. The van der Waals surface area contributed by atoms with Crippen LogP contribution >= 0.6 is 0 Å². The summed E-state index contributed by atoms with van der Waals surface area (Å²) in [5.74, 6) is 0.695. The van der Waals surface area contributed by atoms with Crippen LogP contribution in [0.1, 0.15) is 17.2 Å². The Morgan fingerprint density at radius 3 is 2.56 bits per heavy atom. The Bertz CT molecular complexity index is 656. The Kier molecular flexibility index (Phi) is 3.16. The minimum absolute atomic E-state index is 0.213. The first-order chi connectivity index (χ1) is 8.34. The Morgan fingerprint density at radius 2 is 2.00 bits per heavy atom. The summed E-state index contributed by atoms with van der Waals surface area (Å²) in [6.07, 6.45) is 4.01. The summed E-state index contributed by atoms with van der Waals surface area (Å²) in [6, 6.07) is 1.86. The van der Waals surface area contributed by atoms with E-state index in [4.69, 9.17) is 0 Å². The molecule has 2 heterocycles. The van der Waals surface area contributed by atoms with E-state index in [0.717, 1.165) is 17.6 Å². The summed E-state index contributed by atoms with van der Waals surface area (Å²) in [5.41, 5.74) is 1.69. The topological polar surface area (TPSA) is 77.7 Å². The second kappa shape index (κ2) is 4.49. The van der Waals surface area contributed by atoms with Gasteiger partial charge >= 0.3 is 0 Å². The van der Waals surface area contributed by atoms with E-state index >= 15 is 0 Å². The molecule has 0 fully saturated rings. The molecule has 0 saturated carbocycles. The Balaban J connectivity index is 2.27. The van der Waals surface area contributed by atoms with Gasteiger partial charge in [0, 0.05) is 18.1 Å². The highest BCUT2D eigenvalue weighted by atomic mass is 32.2. The van der Waals surface area contributed by atoms with Crippen LogP contribution in [0.2, 0.25) is 0 Å². The van der Waals surface area contributed by atoms with E-state index in [1.165, 1.54) is 12.4 Å². The lowest BCUT2D eigenvalue weighted by molar-refractivity contribution is 0.601.